The van der Waals surface area contributed by atoms with E-state index in [1.54, 1.807) is 42.1 Å². The zero-order valence-corrected chi connectivity index (χ0v) is 12.8. The fraction of sp³-hybridized carbons (Fsp3) is 0.375. The van der Waals surface area contributed by atoms with Crippen molar-refractivity contribution in [2.24, 2.45) is 12.5 Å². The van der Waals surface area contributed by atoms with Gasteiger partial charge in [-0.2, -0.15) is 13.2 Å². The number of amides is 1. The van der Waals surface area contributed by atoms with Crippen LogP contribution in [-0.2, 0) is 11.8 Å². The Labute approximate surface area is 135 Å². The van der Waals surface area contributed by atoms with Gasteiger partial charge in [-0.3, -0.25) is 9.59 Å². The summed E-state index contributed by atoms with van der Waals surface area (Å²) in [4.78, 5) is 24.9. The van der Waals surface area contributed by atoms with E-state index in [-0.39, 0.29) is 12.1 Å². The lowest BCUT2D eigenvalue weighted by molar-refractivity contribution is -0.227. The van der Waals surface area contributed by atoms with Gasteiger partial charge in [0.25, 0.3) is 5.91 Å². The molecule has 1 saturated heterocycles. The number of benzene rings is 1. The van der Waals surface area contributed by atoms with Crippen molar-refractivity contribution >= 4 is 22.8 Å². The number of hydrogen-bond donors (Lipinski definition) is 1. The summed E-state index contributed by atoms with van der Waals surface area (Å²) in [6.07, 6.45) is -3.99. The highest BCUT2D eigenvalue weighted by atomic mass is 19.4. The molecule has 0 bridgehead atoms. The van der Waals surface area contributed by atoms with Gasteiger partial charge < -0.3 is 14.6 Å². The molecule has 1 fully saturated rings. The number of carboxylic acid groups (broad SMARTS) is 1. The Morgan fingerprint density at radius 3 is 2.50 bits per heavy atom. The van der Waals surface area contributed by atoms with Gasteiger partial charge in [-0.1, -0.05) is 18.2 Å². The van der Waals surface area contributed by atoms with E-state index < -0.39 is 36.4 Å². The normalized spacial score (nSPS) is 21.4. The maximum absolute atomic E-state index is 13.2. The summed E-state index contributed by atoms with van der Waals surface area (Å²) in [7, 11) is 1.74. The van der Waals surface area contributed by atoms with Crippen LogP contribution in [0.2, 0.25) is 0 Å². The van der Waals surface area contributed by atoms with Crippen molar-refractivity contribution < 1.29 is 27.9 Å². The zero-order chi connectivity index (χ0) is 17.7. The van der Waals surface area contributed by atoms with E-state index in [1.807, 2.05) is 0 Å². The van der Waals surface area contributed by atoms with Crippen LogP contribution in [-0.4, -0.2) is 45.7 Å². The molecule has 1 aromatic carbocycles. The molecule has 1 amide bonds. The third-order valence-corrected chi connectivity index (χ3v) is 4.64. The topological polar surface area (TPSA) is 62.5 Å². The van der Waals surface area contributed by atoms with E-state index in [0.717, 1.165) is 10.4 Å². The van der Waals surface area contributed by atoms with Crippen LogP contribution in [0.3, 0.4) is 0 Å². The number of nitrogens with zero attached hydrogens (tertiary/aromatic N) is 2. The van der Waals surface area contributed by atoms with Crippen LogP contribution in [0.25, 0.3) is 10.9 Å². The first-order valence-corrected chi connectivity index (χ1v) is 7.31. The molecule has 1 aliphatic heterocycles. The lowest BCUT2D eigenvalue weighted by atomic mass is 9.86. The molecule has 1 aliphatic rings. The minimum atomic E-state index is -4.91. The van der Waals surface area contributed by atoms with E-state index >= 15 is 0 Å². The second kappa shape index (κ2) is 5.25. The van der Waals surface area contributed by atoms with Crippen LogP contribution in [0, 0.1) is 5.41 Å². The second-order valence-electron chi connectivity index (χ2n) is 6.03. The predicted molar refractivity (Wildman–Crippen MR) is 79.6 cm³/mol. The molecule has 8 heteroatoms. The van der Waals surface area contributed by atoms with Crippen molar-refractivity contribution in [2.75, 3.05) is 13.1 Å². The summed E-state index contributed by atoms with van der Waals surface area (Å²) in [5.41, 5.74) is -1.84. The molecule has 2 heterocycles. The highest BCUT2D eigenvalue weighted by Crippen LogP contribution is 2.46. The van der Waals surface area contributed by atoms with Gasteiger partial charge >= 0.3 is 12.1 Å². The number of hydrogen-bond acceptors (Lipinski definition) is 2. The van der Waals surface area contributed by atoms with E-state index in [4.69, 9.17) is 5.11 Å². The number of halogens is 3. The smallest absolute Gasteiger partial charge is 0.406 e. The third kappa shape index (κ3) is 2.24. The summed E-state index contributed by atoms with van der Waals surface area (Å²) in [5.74, 6) is -2.53. The number of aryl methyl sites for hydroxylation is 1. The van der Waals surface area contributed by atoms with Gasteiger partial charge in [-0.15, -0.1) is 0 Å². The summed E-state index contributed by atoms with van der Waals surface area (Å²) >= 11 is 0. The van der Waals surface area contributed by atoms with E-state index in [9.17, 15) is 22.8 Å². The van der Waals surface area contributed by atoms with Crippen LogP contribution < -0.4 is 0 Å². The molecule has 24 heavy (non-hydrogen) atoms. The number of carbonyl (C=O) groups excluding carboxylic acids is 1. The first-order chi connectivity index (χ1) is 11.2. The van der Waals surface area contributed by atoms with E-state index in [1.165, 1.54) is 0 Å². The molecule has 1 unspecified atom stereocenters. The second-order valence-corrected chi connectivity index (χ2v) is 6.03. The maximum atomic E-state index is 13.2. The quantitative estimate of drug-likeness (QED) is 0.914. The average Bonchev–Trinajstić information content (AvgIpc) is 3.10. The monoisotopic (exact) mass is 340 g/mol. The average molecular weight is 340 g/mol. The maximum Gasteiger partial charge on any atom is 0.406 e. The van der Waals surface area contributed by atoms with Crippen LogP contribution in [0.4, 0.5) is 13.2 Å². The van der Waals surface area contributed by atoms with Crippen LogP contribution in [0.15, 0.2) is 30.5 Å². The Morgan fingerprint density at radius 2 is 1.92 bits per heavy atom. The molecule has 5 nitrogen and oxygen atoms in total. The molecular formula is C16H15F3N2O3. The van der Waals surface area contributed by atoms with E-state index in [0.29, 0.717) is 5.39 Å². The standard InChI is InChI=1S/C16H15F3N2O3/c1-20-8-11(10-4-2-3-5-12(10)20)13(22)21-7-6-15(9-21,14(23)24)16(17,18)19/h2-5,8H,6-7,9H2,1H3,(H,23,24). The van der Waals surface area contributed by atoms with Crippen molar-refractivity contribution in [1.29, 1.82) is 0 Å². The number of aromatic nitrogens is 1. The summed E-state index contributed by atoms with van der Waals surface area (Å²) in [6.45, 7) is -1.11. The molecule has 1 atom stereocenters. The Balaban J connectivity index is 1.96. The van der Waals surface area contributed by atoms with Crippen molar-refractivity contribution in [2.45, 2.75) is 12.6 Å². The first-order valence-electron chi connectivity index (χ1n) is 7.31. The molecule has 2 aromatic rings. The molecule has 0 radical (unpaired) electrons. The van der Waals surface area contributed by atoms with Crippen LogP contribution in [0.5, 0.6) is 0 Å². The molecule has 3 rings (SSSR count). The number of carboxylic acids is 1. The minimum Gasteiger partial charge on any atom is -0.481 e. The number of aliphatic carboxylic acids is 1. The molecule has 128 valence electrons. The summed E-state index contributed by atoms with van der Waals surface area (Å²) < 4.78 is 41.4. The summed E-state index contributed by atoms with van der Waals surface area (Å²) in [6, 6.07) is 7.05. The van der Waals surface area contributed by atoms with Gasteiger partial charge in [0, 0.05) is 37.2 Å². The number of alkyl halides is 3. The molecule has 0 aliphatic carbocycles. The number of para-hydroxylation sites is 1. The van der Waals surface area contributed by atoms with Gasteiger partial charge in [-0.05, 0) is 12.5 Å². The SMILES string of the molecule is Cn1cc(C(=O)N2CCC(C(=O)O)(C(F)(F)F)C2)c2ccccc21. The Hall–Kier alpha value is -2.51. The fourth-order valence-corrected chi connectivity index (χ4v) is 3.19. The predicted octanol–water partition coefficient (Wildman–Crippen LogP) is 2.66. The van der Waals surface area contributed by atoms with Crippen molar-refractivity contribution in [1.82, 2.24) is 9.47 Å². The molecular weight excluding hydrogens is 325 g/mol. The molecule has 0 spiro atoms. The molecule has 0 saturated carbocycles. The molecule has 1 aromatic heterocycles. The lowest BCUT2D eigenvalue weighted by Gasteiger charge is -2.27. The Kier molecular flexibility index (Phi) is 3.58. The van der Waals surface area contributed by atoms with Gasteiger partial charge in [0.2, 0.25) is 0 Å². The number of fused-ring (bicyclic) bond motifs is 1. The van der Waals surface area contributed by atoms with Crippen molar-refractivity contribution in [3.63, 3.8) is 0 Å². The highest BCUT2D eigenvalue weighted by Gasteiger charge is 2.64. The number of rotatable bonds is 2. The Bertz CT molecular complexity index is 828. The van der Waals surface area contributed by atoms with Crippen molar-refractivity contribution in [3.8, 4) is 0 Å². The molecule has 1 N–H and O–H groups in total. The summed E-state index contributed by atoms with van der Waals surface area (Å²) in [5, 5.41) is 9.71. The van der Waals surface area contributed by atoms with Crippen molar-refractivity contribution in [3.05, 3.63) is 36.0 Å². The zero-order valence-electron chi connectivity index (χ0n) is 12.8. The number of carbonyl (C=O) groups is 2. The van der Waals surface area contributed by atoms with Gasteiger partial charge in [0.1, 0.15) is 0 Å². The largest absolute Gasteiger partial charge is 0.481 e. The minimum absolute atomic E-state index is 0.242. The lowest BCUT2D eigenvalue weighted by Crippen LogP contribution is -2.47. The number of likely N-dealkylation sites (tertiary alicyclic amines) is 1. The first kappa shape index (κ1) is 16.4. The third-order valence-electron chi connectivity index (χ3n) is 4.64. The van der Waals surface area contributed by atoms with Gasteiger partial charge in [0.05, 0.1) is 5.56 Å². The van der Waals surface area contributed by atoms with E-state index in [2.05, 4.69) is 0 Å². The van der Waals surface area contributed by atoms with Crippen LogP contribution in [0.1, 0.15) is 16.8 Å². The van der Waals surface area contributed by atoms with Gasteiger partial charge in [0.15, 0.2) is 5.41 Å². The highest BCUT2D eigenvalue weighted by molar-refractivity contribution is 6.07. The Morgan fingerprint density at radius 1 is 1.25 bits per heavy atom. The van der Waals surface area contributed by atoms with Crippen LogP contribution >= 0.6 is 0 Å². The fourth-order valence-electron chi connectivity index (χ4n) is 3.19. The van der Waals surface area contributed by atoms with Gasteiger partial charge in [-0.25, -0.2) is 0 Å².